The molecule has 0 bridgehead atoms. The van der Waals surface area contributed by atoms with Gasteiger partial charge in [-0.15, -0.1) is 0 Å². The smallest absolute Gasteiger partial charge is 0.167 e. The number of rotatable bonds is 5. The Morgan fingerprint density at radius 3 is 1.93 bits per heavy atom. The summed E-state index contributed by atoms with van der Waals surface area (Å²) in [4.78, 5) is 9.05. The minimum absolute atomic E-state index is 0.110. The number of aliphatic imine (C=N–C) groups is 1. The third kappa shape index (κ3) is 4.60. The van der Waals surface area contributed by atoms with E-state index in [1.807, 2.05) is 70.2 Å². The van der Waals surface area contributed by atoms with Crippen LogP contribution in [0.1, 0.15) is 67.3 Å². The average Bonchev–Trinajstić information content (AvgIpc) is 3.00. The van der Waals surface area contributed by atoms with Crippen LogP contribution in [0.5, 0.6) is 34.5 Å². The number of phenolic OH excluding ortho intramolecular Hbond substituents is 6. The summed E-state index contributed by atoms with van der Waals surface area (Å²) in [5.41, 5.74) is 4.31. The summed E-state index contributed by atoms with van der Waals surface area (Å²) >= 11 is 0. The molecule has 0 spiro atoms. The zero-order valence-electron chi connectivity index (χ0n) is 26.5. The molecule has 1 heterocycles. The minimum atomic E-state index is -0.426. The van der Waals surface area contributed by atoms with Crippen molar-refractivity contribution in [3.8, 4) is 45.6 Å². The van der Waals surface area contributed by atoms with E-state index < -0.39 is 5.75 Å². The molecule has 0 fully saturated rings. The summed E-state index contributed by atoms with van der Waals surface area (Å²) in [5.74, 6) is -2.06. The molecular weight excluding hydrogens is 580 g/mol. The van der Waals surface area contributed by atoms with Gasteiger partial charge in [-0.2, -0.15) is 0 Å². The number of benzene rings is 5. The Balaban J connectivity index is 1.70. The van der Waals surface area contributed by atoms with Crippen molar-refractivity contribution in [2.75, 3.05) is 0 Å². The lowest BCUT2D eigenvalue weighted by Gasteiger charge is -2.23. The van der Waals surface area contributed by atoms with Crippen LogP contribution in [0, 0.1) is 13.8 Å². The van der Waals surface area contributed by atoms with Crippen LogP contribution < -0.4 is 0 Å². The van der Waals surface area contributed by atoms with Crippen LogP contribution in [-0.4, -0.2) is 41.8 Å². The monoisotopic (exact) mass is 616 g/mol. The van der Waals surface area contributed by atoms with Crippen molar-refractivity contribution >= 4 is 44.3 Å². The normalized spacial score (nSPS) is 12.1. The van der Waals surface area contributed by atoms with Gasteiger partial charge in [-0.1, -0.05) is 45.9 Å². The molecule has 234 valence electrons. The predicted molar refractivity (Wildman–Crippen MR) is 184 cm³/mol. The number of aromatic nitrogens is 1. The molecule has 8 nitrogen and oxygen atoms in total. The highest BCUT2D eigenvalue weighted by molar-refractivity contribution is 6.13. The minimum Gasteiger partial charge on any atom is -0.507 e. The predicted octanol–water partition coefficient (Wildman–Crippen LogP) is 9.06. The first kappa shape index (κ1) is 30.5. The third-order valence-electron chi connectivity index (χ3n) is 8.76. The molecule has 0 radical (unpaired) electrons. The van der Waals surface area contributed by atoms with E-state index in [9.17, 15) is 30.6 Å². The molecule has 0 aliphatic carbocycles. The van der Waals surface area contributed by atoms with Crippen molar-refractivity contribution in [3.05, 3.63) is 82.5 Å². The van der Waals surface area contributed by atoms with E-state index >= 15 is 0 Å². The van der Waals surface area contributed by atoms with Gasteiger partial charge in [0.2, 0.25) is 0 Å². The second-order valence-electron chi connectivity index (χ2n) is 12.4. The molecule has 46 heavy (non-hydrogen) atoms. The van der Waals surface area contributed by atoms with Gasteiger partial charge in [0.05, 0.1) is 16.8 Å². The maximum absolute atomic E-state index is 12.2. The first-order valence-electron chi connectivity index (χ1n) is 15.2. The van der Waals surface area contributed by atoms with Crippen molar-refractivity contribution in [2.24, 2.45) is 4.99 Å². The van der Waals surface area contributed by atoms with E-state index in [1.165, 1.54) is 12.3 Å². The number of fused-ring (bicyclic) bond motifs is 3. The Bertz CT molecular complexity index is 2250. The average molecular weight is 617 g/mol. The summed E-state index contributed by atoms with van der Waals surface area (Å²) < 4.78 is 0. The van der Waals surface area contributed by atoms with Gasteiger partial charge in [-0.25, -0.2) is 0 Å². The lowest BCUT2D eigenvalue weighted by atomic mass is 9.84. The van der Waals surface area contributed by atoms with Crippen molar-refractivity contribution in [1.29, 1.82) is 0 Å². The fraction of sp³-hybridized carbons (Fsp3) is 0.211. The summed E-state index contributed by atoms with van der Waals surface area (Å²) in [6, 6.07) is 14.2. The molecule has 0 saturated carbocycles. The van der Waals surface area contributed by atoms with Crippen molar-refractivity contribution < 1.29 is 30.6 Å². The maximum atomic E-state index is 12.2. The SMILES string of the molecule is Cc1cc2c(C(C)C)c(O)c(O)cc2c(O)c1-c1c(C)cc2c(C(C)C)c(O)c(O)c(/C=N/c3cccc4ncccc34)c2c1O. The highest BCUT2D eigenvalue weighted by Gasteiger charge is 2.28. The van der Waals surface area contributed by atoms with E-state index in [-0.39, 0.29) is 51.5 Å². The van der Waals surface area contributed by atoms with Crippen molar-refractivity contribution in [2.45, 2.75) is 53.4 Å². The van der Waals surface area contributed by atoms with E-state index in [0.717, 1.165) is 10.9 Å². The van der Waals surface area contributed by atoms with Crippen LogP contribution in [0.3, 0.4) is 0 Å². The zero-order chi connectivity index (χ0) is 33.2. The summed E-state index contributed by atoms with van der Waals surface area (Å²) in [7, 11) is 0. The molecule has 0 aliphatic heterocycles. The first-order chi connectivity index (χ1) is 21.8. The van der Waals surface area contributed by atoms with E-state index in [2.05, 4.69) is 9.98 Å². The maximum Gasteiger partial charge on any atom is 0.167 e. The standard InChI is InChI=1S/C38H36N2O6/c1-17(2)29-22-13-19(5)31(34(42)23(22)15-28(41)36(29)44)32-20(6)14-24-30(18(3)4)38(46)35(43)25(33(24)37(32)45)16-40-27-11-7-10-26-21(27)9-8-12-39-26/h7-18,41-46H,1-6H3/b40-16+. The first-order valence-corrected chi connectivity index (χ1v) is 15.2. The molecule has 0 aliphatic rings. The molecule has 1 aromatic heterocycles. The summed E-state index contributed by atoms with van der Waals surface area (Å²) in [6.45, 7) is 11.2. The molecule has 6 N–H and O–H groups in total. The third-order valence-corrected chi connectivity index (χ3v) is 8.76. The quantitative estimate of drug-likeness (QED) is 0.0836. The van der Waals surface area contributed by atoms with Crippen LogP contribution in [0.4, 0.5) is 5.69 Å². The van der Waals surface area contributed by atoms with Crippen LogP contribution in [-0.2, 0) is 0 Å². The molecule has 8 heteroatoms. The van der Waals surface area contributed by atoms with Crippen LogP contribution in [0.2, 0.25) is 0 Å². The molecule has 5 aromatic carbocycles. The molecular formula is C38H36N2O6. The zero-order valence-corrected chi connectivity index (χ0v) is 26.5. The van der Waals surface area contributed by atoms with Crippen molar-refractivity contribution in [3.63, 3.8) is 0 Å². The van der Waals surface area contributed by atoms with E-state index in [1.54, 1.807) is 20.0 Å². The van der Waals surface area contributed by atoms with Gasteiger partial charge in [0, 0.05) is 50.8 Å². The number of aromatic hydroxyl groups is 6. The second-order valence-corrected chi connectivity index (χ2v) is 12.4. The molecule has 6 rings (SSSR count). The number of aryl methyl sites for hydroxylation is 2. The fourth-order valence-corrected chi connectivity index (χ4v) is 6.70. The van der Waals surface area contributed by atoms with Gasteiger partial charge in [0.1, 0.15) is 11.5 Å². The molecule has 0 unspecified atom stereocenters. The van der Waals surface area contributed by atoms with Gasteiger partial charge >= 0.3 is 0 Å². The van der Waals surface area contributed by atoms with Crippen LogP contribution in [0.15, 0.2) is 59.7 Å². The van der Waals surface area contributed by atoms with Gasteiger partial charge in [0.25, 0.3) is 0 Å². The van der Waals surface area contributed by atoms with E-state index in [4.69, 9.17) is 0 Å². The fourth-order valence-electron chi connectivity index (χ4n) is 6.70. The number of hydrogen-bond donors (Lipinski definition) is 6. The van der Waals surface area contributed by atoms with E-state index in [0.29, 0.717) is 55.2 Å². The summed E-state index contributed by atoms with van der Waals surface area (Å²) in [5, 5.41) is 70.2. The summed E-state index contributed by atoms with van der Waals surface area (Å²) in [6.07, 6.45) is 3.11. The van der Waals surface area contributed by atoms with Gasteiger partial charge in [-0.3, -0.25) is 9.98 Å². The second kappa shape index (κ2) is 11.1. The Morgan fingerprint density at radius 2 is 1.26 bits per heavy atom. The highest BCUT2D eigenvalue weighted by atomic mass is 16.3. The molecule has 0 amide bonds. The molecule has 0 atom stereocenters. The van der Waals surface area contributed by atoms with Gasteiger partial charge in [0.15, 0.2) is 23.0 Å². The molecule has 0 saturated heterocycles. The largest absolute Gasteiger partial charge is 0.507 e. The Labute approximate surface area is 266 Å². The number of phenols is 6. The number of pyridine rings is 1. The van der Waals surface area contributed by atoms with Crippen molar-refractivity contribution in [1.82, 2.24) is 4.98 Å². The number of hydrogen-bond acceptors (Lipinski definition) is 8. The lowest BCUT2D eigenvalue weighted by Crippen LogP contribution is -2.00. The Hall–Kier alpha value is -5.50. The topological polar surface area (TPSA) is 147 Å². The molecule has 6 aromatic rings. The number of nitrogens with zero attached hydrogens (tertiary/aromatic N) is 2. The Kier molecular flexibility index (Phi) is 7.39. The van der Waals surface area contributed by atoms with Crippen LogP contribution >= 0.6 is 0 Å². The van der Waals surface area contributed by atoms with Crippen LogP contribution in [0.25, 0.3) is 43.6 Å². The van der Waals surface area contributed by atoms with Gasteiger partial charge in [-0.05, 0) is 77.9 Å². The Morgan fingerprint density at radius 1 is 0.630 bits per heavy atom. The lowest BCUT2D eigenvalue weighted by molar-refractivity contribution is 0.398. The van der Waals surface area contributed by atoms with Gasteiger partial charge < -0.3 is 30.6 Å². The highest BCUT2D eigenvalue weighted by Crippen LogP contribution is 2.53.